The van der Waals surface area contributed by atoms with Crippen LogP contribution in [0.3, 0.4) is 0 Å². The Morgan fingerprint density at radius 2 is 2.00 bits per heavy atom. The minimum Gasteiger partial charge on any atom is -0.374 e. The van der Waals surface area contributed by atoms with Crippen molar-refractivity contribution in [3.05, 3.63) is 0 Å². The van der Waals surface area contributed by atoms with Gasteiger partial charge in [-0.05, 0) is 20.8 Å². The highest BCUT2D eigenvalue weighted by Crippen LogP contribution is 2.04. The zero-order valence-electron chi connectivity index (χ0n) is 8.23. The summed E-state index contributed by atoms with van der Waals surface area (Å²) < 4.78 is 5.38. The molecule has 0 heterocycles. The highest BCUT2D eigenvalue weighted by Gasteiger charge is 2.08. The third-order valence-electron chi connectivity index (χ3n) is 1.15. The smallest absolute Gasteiger partial charge is 0.314 e. The lowest BCUT2D eigenvalue weighted by molar-refractivity contribution is 0.0000188. The van der Waals surface area contributed by atoms with Crippen molar-refractivity contribution < 1.29 is 9.53 Å². The first-order valence-electron chi connectivity index (χ1n) is 4.05. The van der Waals surface area contributed by atoms with Gasteiger partial charge in [-0.3, -0.25) is 0 Å². The summed E-state index contributed by atoms with van der Waals surface area (Å²) >= 11 is 0. The van der Waals surface area contributed by atoms with E-state index in [0.29, 0.717) is 13.2 Å². The molecule has 0 atom stereocenters. The first kappa shape index (κ1) is 11.2. The normalized spacial score (nSPS) is 11.0. The van der Waals surface area contributed by atoms with Gasteiger partial charge >= 0.3 is 6.03 Å². The Hall–Kier alpha value is -0.770. The van der Waals surface area contributed by atoms with Gasteiger partial charge in [0.25, 0.3) is 0 Å². The van der Waals surface area contributed by atoms with Crippen LogP contribution in [0.5, 0.6) is 0 Å². The molecule has 0 saturated carbocycles. The molecule has 0 fully saturated rings. The SMILES string of the molecule is CNC(=O)NCCOC(C)(C)C. The van der Waals surface area contributed by atoms with Gasteiger partial charge in [0, 0.05) is 13.6 Å². The average Bonchev–Trinajstić information content (AvgIpc) is 1.96. The van der Waals surface area contributed by atoms with E-state index in [9.17, 15) is 4.79 Å². The van der Waals surface area contributed by atoms with Crippen LogP contribution in [-0.4, -0.2) is 31.8 Å². The van der Waals surface area contributed by atoms with Crippen LogP contribution in [0.1, 0.15) is 20.8 Å². The van der Waals surface area contributed by atoms with E-state index in [4.69, 9.17) is 4.74 Å². The Bertz CT molecular complexity index is 140. The molecule has 0 radical (unpaired) electrons. The number of carbonyl (C=O) groups excluding carboxylic acids is 1. The maximum atomic E-state index is 10.7. The predicted molar refractivity (Wildman–Crippen MR) is 48.2 cm³/mol. The van der Waals surface area contributed by atoms with E-state index in [-0.39, 0.29) is 11.6 Å². The molecule has 0 aliphatic heterocycles. The number of hydrogen-bond donors (Lipinski definition) is 2. The molecule has 0 aliphatic carbocycles. The van der Waals surface area contributed by atoms with E-state index >= 15 is 0 Å². The summed E-state index contributed by atoms with van der Waals surface area (Å²) in [5.74, 6) is 0. The molecule has 0 unspecified atom stereocenters. The molecular formula is C8H18N2O2. The second-order valence-electron chi connectivity index (χ2n) is 3.47. The highest BCUT2D eigenvalue weighted by atomic mass is 16.5. The van der Waals surface area contributed by atoms with Crippen LogP contribution in [0.2, 0.25) is 0 Å². The van der Waals surface area contributed by atoms with Crippen LogP contribution in [-0.2, 0) is 4.74 Å². The van der Waals surface area contributed by atoms with Crippen LogP contribution < -0.4 is 10.6 Å². The fourth-order valence-corrected chi connectivity index (χ4v) is 0.610. The minimum atomic E-state index is -0.174. The van der Waals surface area contributed by atoms with E-state index < -0.39 is 0 Å². The van der Waals surface area contributed by atoms with Gasteiger partial charge in [-0.25, -0.2) is 4.79 Å². The van der Waals surface area contributed by atoms with Gasteiger partial charge in [0.2, 0.25) is 0 Å². The summed E-state index contributed by atoms with van der Waals surface area (Å²) in [4.78, 5) is 10.7. The molecule has 0 spiro atoms. The molecule has 0 aromatic carbocycles. The number of nitrogens with one attached hydrogen (secondary N) is 2. The van der Waals surface area contributed by atoms with Gasteiger partial charge < -0.3 is 15.4 Å². The summed E-state index contributed by atoms with van der Waals surface area (Å²) in [5, 5.41) is 5.09. The number of urea groups is 1. The molecule has 0 aromatic heterocycles. The summed E-state index contributed by atoms with van der Waals surface area (Å²) in [6.45, 7) is 7.01. The Balaban J connectivity index is 3.28. The number of ether oxygens (including phenoxy) is 1. The Morgan fingerprint density at radius 1 is 1.42 bits per heavy atom. The Kier molecular flexibility index (Phi) is 4.66. The quantitative estimate of drug-likeness (QED) is 0.620. The van der Waals surface area contributed by atoms with E-state index in [1.807, 2.05) is 20.8 Å². The molecule has 2 N–H and O–H groups in total. The molecular weight excluding hydrogens is 156 g/mol. The Morgan fingerprint density at radius 3 is 2.42 bits per heavy atom. The number of rotatable bonds is 3. The molecule has 4 heteroatoms. The molecule has 0 rings (SSSR count). The summed E-state index contributed by atoms with van der Waals surface area (Å²) in [7, 11) is 1.58. The van der Waals surface area contributed by atoms with Crippen LogP contribution in [0.15, 0.2) is 0 Å². The molecule has 2 amide bonds. The predicted octanol–water partition coefficient (Wildman–Crippen LogP) is 0.730. The van der Waals surface area contributed by atoms with Crippen LogP contribution in [0, 0.1) is 0 Å². The first-order chi connectivity index (χ1) is 5.45. The Labute approximate surface area is 73.7 Å². The zero-order chi connectivity index (χ0) is 9.61. The standard InChI is InChI=1S/C8H18N2O2/c1-8(2,3)12-6-5-10-7(11)9-4/h5-6H2,1-4H3,(H2,9,10,11). The van der Waals surface area contributed by atoms with Crippen molar-refractivity contribution in [1.29, 1.82) is 0 Å². The maximum Gasteiger partial charge on any atom is 0.314 e. The molecule has 4 nitrogen and oxygen atoms in total. The van der Waals surface area contributed by atoms with Crippen LogP contribution >= 0.6 is 0 Å². The van der Waals surface area contributed by atoms with Gasteiger partial charge in [-0.1, -0.05) is 0 Å². The topological polar surface area (TPSA) is 50.4 Å². The lowest BCUT2D eigenvalue weighted by Gasteiger charge is -2.19. The number of amides is 2. The van der Waals surface area contributed by atoms with Gasteiger partial charge in [-0.2, -0.15) is 0 Å². The average molecular weight is 174 g/mol. The van der Waals surface area contributed by atoms with Gasteiger partial charge in [0.1, 0.15) is 0 Å². The van der Waals surface area contributed by atoms with Crippen molar-refractivity contribution in [1.82, 2.24) is 10.6 Å². The van der Waals surface area contributed by atoms with Gasteiger partial charge in [0.05, 0.1) is 12.2 Å². The molecule has 0 aromatic rings. The minimum absolute atomic E-state index is 0.135. The molecule has 72 valence electrons. The van der Waals surface area contributed by atoms with E-state index in [0.717, 1.165) is 0 Å². The third-order valence-corrected chi connectivity index (χ3v) is 1.15. The monoisotopic (exact) mass is 174 g/mol. The van der Waals surface area contributed by atoms with Crippen molar-refractivity contribution >= 4 is 6.03 Å². The van der Waals surface area contributed by atoms with E-state index in [1.54, 1.807) is 7.05 Å². The highest BCUT2D eigenvalue weighted by molar-refractivity contribution is 5.73. The number of hydrogen-bond acceptors (Lipinski definition) is 2. The lowest BCUT2D eigenvalue weighted by Crippen LogP contribution is -2.36. The number of carbonyl (C=O) groups is 1. The molecule has 0 saturated heterocycles. The third kappa shape index (κ3) is 7.34. The van der Waals surface area contributed by atoms with Crippen molar-refractivity contribution in [2.45, 2.75) is 26.4 Å². The van der Waals surface area contributed by atoms with Gasteiger partial charge in [-0.15, -0.1) is 0 Å². The van der Waals surface area contributed by atoms with E-state index in [1.165, 1.54) is 0 Å². The fraction of sp³-hybridized carbons (Fsp3) is 0.875. The van der Waals surface area contributed by atoms with E-state index in [2.05, 4.69) is 10.6 Å². The van der Waals surface area contributed by atoms with Crippen LogP contribution in [0.4, 0.5) is 4.79 Å². The lowest BCUT2D eigenvalue weighted by atomic mass is 10.2. The van der Waals surface area contributed by atoms with Crippen molar-refractivity contribution in [3.8, 4) is 0 Å². The molecule has 12 heavy (non-hydrogen) atoms. The molecule has 0 bridgehead atoms. The summed E-state index contributed by atoms with van der Waals surface area (Å²) in [5.41, 5.74) is -0.135. The summed E-state index contributed by atoms with van der Waals surface area (Å²) in [6, 6.07) is -0.174. The van der Waals surface area contributed by atoms with Crippen molar-refractivity contribution in [2.24, 2.45) is 0 Å². The van der Waals surface area contributed by atoms with Crippen molar-refractivity contribution in [2.75, 3.05) is 20.2 Å². The van der Waals surface area contributed by atoms with Gasteiger partial charge in [0.15, 0.2) is 0 Å². The fourth-order valence-electron chi connectivity index (χ4n) is 0.610. The first-order valence-corrected chi connectivity index (χ1v) is 4.05. The summed E-state index contributed by atoms with van der Waals surface area (Å²) in [6.07, 6.45) is 0. The molecule has 0 aliphatic rings. The zero-order valence-corrected chi connectivity index (χ0v) is 8.23. The second kappa shape index (κ2) is 4.98. The largest absolute Gasteiger partial charge is 0.374 e. The van der Waals surface area contributed by atoms with Crippen molar-refractivity contribution in [3.63, 3.8) is 0 Å². The van der Waals surface area contributed by atoms with Crippen LogP contribution in [0.25, 0.3) is 0 Å². The second-order valence-corrected chi connectivity index (χ2v) is 3.47. The maximum absolute atomic E-state index is 10.7.